The number of rotatable bonds is 5. The summed E-state index contributed by atoms with van der Waals surface area (Å²) in [5.74, 6) is -0.357. The summed E-state index contributed by atoms with van der Waals surface area (Å²) in [6, 6.07) is 24.0. The Bertz CT molecular complexity index is 1930. The highest BCUT2D eigenvalue weighted by molar-refractivity contribution is 7.71. The molecule has 0 saturated heterocycles. The van der Waals surface area contributed by atoms with Crippen LogP contribution in [0.4, 0.5) is 5.69 Å². The standard InChI is InChI=1S/C30H27N5O3S/c1-19-12-8-10-16-24(19)33-27(36)23(28(37)34(30(33)39)25-17-11-9-13-20(25)2)18-31-26-21(3)32(4)35(29(26)38)22-14-6-5-7-15-22/h5-18,36H,1-4H3. The van der Waals surface area contributed by atoms with Crippen molar-refractivity contribution in [1.29, 1.82) is 0 Å². The summed E-state index contributed by atoms with van der Waals surface area (Å²) < 4.78 is 6.17. The molecule has 0 atom stereocenters. The highest BCUT2D eigenvalue weighted by Gasteiger charge is 2.21. The highest BCUT2D eigenvalue weighted by Crippen LogP contribution is 2.25. The molecule has 8 nitrogen and oxygen atoms in total. The maximum Gasteiger partial charge on any atom is 0.297 e. The Morgan fingerprint density at radius 1 is 0.769 bits per heavy atom. The molecular weight excluding hydrogens is 510 g/mol. The molecule has 0 saturated carbocycles. The number of aliphatic imine (C=N–C) groups is 1. The van der Waals surface area contributed by atoms with Gasteiger partial charge in [0.15, 0.2) is 10.5 Å². The summed E-state index contributed by atoms with van der Waals surface area (Å²) >= 11 is 5.77. The Kier molecular flexibility index (Phi) is 6.76. The Morgan fingerprint density at radius 2 is 1.31 bits per heavy atom. The molecule has 1 N–H and O–H groups in total. The normalized spacial score (nSPS) is 11.4. The van der Waals surface area contributed by atoms with Crippen LogP contribution in [0.5, 0.6) is 5.88 Å². The molecule has 0 unspecified atom stereocenters. The van der Waals surface area contributed by atoms with Crippen molar-refractivity contribution < 1.29 is 5.11 Å². The second kappa shape index (κ2) is 10.2. The van der Waals surface area contributed by atoms with Crippen LogP contribution >= 0.6 is 12.2 Å². The van der Waals surface area contributed by atoms with Crippen LogP contribution < -0.4 is 11.1 Å². The predicted octanol–water partition coefficient (Wildman–Crippen LogP) is 5.23. The van der Waals surface area contributed by atoms with Gasteiger partial charge in [-0.2, -0.15) is 0 Å². The fourth-order valence-electron chi connectivity index (χ4n) is 4.62. The number of aryl methyl sites for hydroxylation is 2. The lowest BCUT2D eigenvalue weighted by Gasteiger charge is -2.18. The van der Waals surface area contributed by atoms with Crippen LogP contribution in [-0.2, 0) is 7.05 Å². The average Bonchev–Trinajstić information content (AvgIpc) is 3.14. The van der Waals surface area contributed by atoms with Crippen molar-refractivity contribution in [2.24, 2.45) is 12.0 Å². The molecule has 0 aliphatic carbocycles. The van der Waals surface area contributed by atoms with Gasteiger partial charge in [-0.1, -0.05) is 54.6 Å². The average molecular weight is 538 g/mol. The van der Waals surface area contributed by atoms with Gasteiger partial charge in [-0.15, -0.1) is 0 Å². The van der Waals surface area contributed by atoms with Crippen LogP contribution in [0.3, 0.4) is 0 Å². The first-order chi connectivity index (χ1) is 18.7. The Balaban J connectivity index is 1.79. The highest BCUT2D eigenvalue weighted by atomic mass is 32.1. The van der Waals surface area contributed by atoms with Crippen LogP contribution in [0.2, 0.25) is 0 Å². The molecule has 0 fully saturated rings. The van der Waals surface area contributed by atoms with Crippen molar-refractivity contribution in [3.05, 3.63) is 127 Å². The molecule has 0 radical (unpaired) electrons. The Labute approximate surface area is 230 Å². The van der Waals surface area contributed by atoms with Crippen LogP contribution in [0.15, 0.2) is 93.4 Å². The van der Waals surface area contributed by atoms with Gasteiger partial charge < -0.3 is 5.11 Å². The molecule has 9 heteroatoms. The van der Waals surface area contributed by atoms with Gasteiger partial charge in [-0.25, -0.2) is 9.67 Å². The van der Waals surface area contributed by atoms with E-state index >= 15 is 0 Å². The summed E-state index contributed by atoms with van der Waals surface area (Å²) in [5.41, 5.74) is 3.37. The summed E-state index contributed by atoms with van der Waals surface area (Å²) in [7, 11) is 1.77. The molecule has 196 valence electrons. The quantitative estimate of drug-likeness (QED) is 0.246. The first-order valence-corrected chi connectivity index (χ1v) is 12.7. The van der Waals surface area contributed by atoms with E-state index < -0.39 is 5.56 Å². The van der Waals surface area contributed by atoms with Gasteiger partial charge in [0.1, 0.15) is 5.56 Å². The fourth-order valence-corrected chi connectivity index (χ4v) is 4.98. The molecule has 2 heterocycles. The van der Waals surface area contributed by atoms with Gasteiger partial charge >= 0.3 is 0 Å². The van der Waals surface area contributed by atoms with Gasteiger partial charge in [0.05, 0.1) is 22.8 Å². The summed E-state index contributed by atoms with van der Waals surface area (Å²) in [6.07, 6.45) is 1.25. The second-order valence-corrected chi connectivity index (χ2v) is 9.60. The first kappa shape index (κ1) is 25.9. The van der Waals surface area contributed by atoms with Gasteiger partial charge in [0.2, 0.25) is 5.88 Å². The van der Waals surface area contributed by atoms with Crippen molar-refractivity contribution in [1.82, 2.24) is 18.5 Å². The smallest absolute Gasteiger partial charge is 0.297 e. The second-order valence-electron chi connectivity index (χ2n) is 9.24. The third kappa shape index (κ3) is 4.36. The molecule has 5 aromatic rings. The van der Waals surface area contributed by atoms with Crippen LogP contribution in [0.1, 0.15) is 22.4 Å². The summed E-state index contributed by atoms with van der Waals surface area (Å²) in [6.45, 7) is 5.56. The third-order valence-electron chi connectivity index (χ3n) is 6.83. The van der Waals surface area contributed by atoms with Crippen molar-refractivity contribution in [3.8, 4) is 22.9 Å². The number of para-hydroxylation sites is 3. The third-order valence-corrected chi connectivity index (χ3v) is 7.19. The lowest BCUT2D eigenvalue weighted by Crippen LogP contribution is -2.27. The summed E-state index contributed by atoms with van der Waals surface area (Å²) in [5, 5.41) is 11.4. The number of hydrogen-bond acceptors (Lipinski definition) is 5. The van der Waals surface area contributed by atoms with Crippen LogP contribution in [-0.4, -0.2) is 29.8 Å². The van der Waals surface area contributed by atoms with E-state index in [1.54, 1.807) is 24.7 Å². The number of aromatic hydroxyl groups is 1. The minimum absolute atomic E-state index is 0.0935. The van der Waals surface area contributed by atoms with Crippen LogP contribution in [0, 0.1) is 25.5 Å². The molecule has 0 amide bonds. The molecule has 3 aromatic carbocycles. The van der Waals surface area contributed by atoms with Gasteiger partial charge in [-0.3, -0.25) is 23.4 Å². The van der Waals surface area contributed by atoms with E-state index in [0.29, 0.717) is 22.8 Å². The van der Waals surface area contributed by atoms with E-state index in [-0.39, 0.29) is 27.5 Å². The molecule has 5 rings (SSSR count). The Hall–Kier alpha value is -4.76. The monoisotopic (exact) mass is 537 g/mol. The predicted molar refractivity (Wildman–Crippen MR) is 156 cm³/mol. The summed E-state index contributed by atoms with van der Waals surface area (Å²) in [4.78, 5) is 31.7. The SMILES string of the molecule is Cc1ccccc1-n1c(O)c(C=Nc2c(C)n(C)n(-c3ccccc3)c2=O)c(=O)n(-c2ccccc2C)c1=S. The maximum absolute atomic E-state index is 13.9. The Morgan fingerprint density at radius 3 is 1.90 bits per heavy atom. The van der Waals surface area contributed by atoms with Crippen molar-refractivity contribution in [2.75, 3.05) is 0 Å². The maximum atomic E-state index is 13.9. The van der Waals surface area contributed by atoms with E-state index in [1.807, 2.05) is 86.6 Å². The number of hydrogen-bond donors (Lipinski definition) is 1. The zero-order valence-corrected chi connectivity index (χ0v) is 22.8. The minimum Gasteiger partial charge on any atom is -0.494 e. The minimum atomic E-state index is -0.544. The lowest BCUT2D eigenvalue weighted by molar-refractivity contribution is 0.429. The fraction of sp³-hybridized carbons (Fsp3) is 0.133. The molecular formula is C30H27N5O3S. The van der Waals surface area contributed by atoms with Gasteiger partial charge in [-0.05, 0) is 68.4 Å². The largest absolute Gasteiger partial charge is 0.494 e. The van der Waals surface area contributed by atoms with Gasteiger partial charge in [0, 0.05) is 13.3 Å². The number of nitrogens with zero attached hydrogens (tertiary/aromatic N) is 5. The molecule has 0 aliphatic rings. The number of aromatic nitrogens is 4. The van der Waals surface area contributed by atoms with E-state index in [0.717, 1.165) is 11.1 Å². The van der Waals surface area contributed by atoms with Crippen molar-refractivity contribution >= 4 is 24.1 Å². The molecule has 0 spiro atoms. The number of benzene rings is 3. The first-order valence-electron chi connectivity index (χ1n) is 12.3. The topological polar surface area (TPSA) is 86.4 Å². The lowest BCUT2D eigenvalue weighted by atomic mass is 10.2. The zero-order valence-electron chi connectivity index (χ0n) is 22.0. The molecule has 0 bridgehead atoms. The van der Waals surface area contributed by atoms with E-state index in [2.05, 4.69) is 4.99 Å². The molecule has 39 heavy (non-hydrogen) atoms. The van der Waals surface area contributed by atoms with E-state index in [9.17, 15) is 14.7 Å². The van der Waals surface area contributed by atoms with Crippen LogP contribution in [0.25, 0.3) is 17.1 Å². The zero-order chi connectivity index (χ0) is 27.8. The van der Waals surface area contributed by atoms with Crippen molar-refractivity contribution in [2.45, 2.75) is 20.8 Å². The van der Waals surface area contributed by atoms with E-state index in [4.69, 9.17) is 12.2 Å². The van der Waals surface area contributed by atoms with Crippen molar-refractivity contribution in [3.63, 3.8) is 0 Å². The van der Waals surface area contributed by atoms with E-state index in [1.165, 1.54) is 20.0 Å². The molecule has 2 aromatic heterocycles. The van der Waals surface area contributed by atoms with Gasteiger partial charge in [0.25, 0.3) is 11.1 Å². The molecule has 0 aliphatic heterocycles.